The van der Waals surface area contributed by atoms with Crippen LogP contribution in [0.2, 0.25) is 0 Å². The molecule has 0 atom stereocenters. The minimum atomic E-state index is -1.36. The van der Waals surface area contributed by atoms with Gasteiger partial charge in [0.05, 0.1) is 0 Å². The van der Waals surface area contributed by atoms with E-state index in [0.717, 1.165) is 18.1 Å². The highest BCUT2D eigenvalue weighted by Crippen LogP contribution is 1.93. The summed E-state index contributed by atoms with van der Waals surface area (Å²) in [6, 6.07) is 5.51. The molecule has 0 heterocycles. The first-order chi connectivity index (χ1) is 6.27. The van der Waals surface area contributed by atoms with Crippen LogP contribution in [0.15, 0.2) is 18.2 Å². The van der Waals surface area contributed by atoms with Crippen molar-refractivity contribution in [2.45, 2.75) is 12.8 Å². The summed E-state index contributed by atoms with van der Waals surface area (Å²) in [6.07, 6.45) is 6.41. The average Bonchev–Trinajstić information content (AvgIpc) is 2.17. The van der Waals surface area contributed by atoms with Crippen molar-refractivity contribution in [1.82, 2.24) is 0 Å². The van der Waals surface area contributed by atoms with Crippen LogP contribution in [0.4, 0.5) is 0 Å². The molecule has 1 aromatic carbocycles. The third-order valence-electron chi connectivity index (χ3n) is 2.30. The highest BCUT2D eigenvalue weighted by molar-refractivity contribution is 6.58. The van der Waals surface area contributed by atoms with Gasteiger partial charge in [-0.15, -0.1) is 0 Å². The summed E-state index contributed by atoms with van der Waals surface area (Å²) in [5, 5.41) is 20.2. The van der Waals surface area contributed by atoms with Gasteiger partial charge in [-0.05, 0) is 28.7 Å². The van der Waals surface area contributed by atoms with Crippen LogP contribution >= 0.6 is 0 Å². The Morgan fingerprint density at radius 3 is 2.38 bits per heavy atom. The van der Waals surface area contributed by atoms with Gasteiger partial charge in [0, 0.05) is 0 Å². The number of fused-ring (bicyclic) bond motifs is 1. The topological polar surface area (TPSA) is 40.5 Å². The first-order valence-electron chi connectivity index (χ1n) is 4.44. The van der Waals surface area contributed by atoms with Gasteiger partial charge in [-0.3, -0.25) is 0 Å². The highest BCUT2D eigenvalue weighted by Gasteiger charge is 2.09. The van der Waals surface area contributed by atoms with Crippen molar-refractivity contribution in [3.63, 3.8) is 0 Å². The zero-order chi connectivity index (χ0) is 9.26. The van der Waals surface area contributed by atoms with Crippen molar-refractivity contribution in [1.29, 1.82) is 0 Å². The average molecular weight is 174 g/mol. The van der Waals surface area contributed by atoms with E-state index in [9.17, 15) is 0 Å². The molecule has 0 aromatic heterocycles. The molecular formula is C10H11BO2. The van der Waals surface area contributed by atoms with E-state index in [1.165, 1.54) is 5.22 Å². The van der Waals surface area contributed by atoms with E-state index in [0.29, 0.717) is 5.46 Å². The van der Waals surface area contributed by atoms with Gasteiger partial charge in [-0.25, -0.2) is 0 Å². The summed E-state index contributed by atoms with van der Waals surface area (Å²) in [6.45, 7) is 0. The second kappa shape index (κ2) is 3.36. The molecule has 0 radical (unpaired) electrons. The van der Waals surface area contributed by atoms with Crippen molar-refractivity contribution in [3.8, 4) is 0 Å². The lowest BCUT2D eigenvalue weighted by Gasteiger charge is -2.02. The fourth-order valence-electron chi connectivity index (χ4n) is 1.59. The Hall–Kier alpha value is -1.06. The van der Waals surface area contributed by atoms with Gasteiger partial charge in [-0.2, -0.15) is 0 Å². The molecule has 0 saturated heterocycles. The minimum absolute atomic E-state index is 0.560. The summed E-state index contributed by atoms with van der Waals surface area (Å²) in [5.41, 5.74) is 0.560. The fraction of sp³-hybridized carbons (Fsp3) is 0.200. The third kappa shape index (κ3) is 1.66. The Bertz CT molecular complexity index is 423. The van der Waals surface area contributed by atoms with E-state index in [2.05, 4.69) is 12.2 Å². The molecule has 2 nitrogen and oxygen atoms in total. The van der Waals surface area contributed by atoms with Crippen LogP contribution in [-0.4, -0.2) is 17.2 Å². The van der Waals surface area contributed by atoms with E-state index in [-0.39, 0.29) is 0 Å². The second-order valence-corrected chi connectivity index (χ2v) is 3.25. The quantitative estimate of drug-likeness (QED) is 0.520. The monoisotopic (exact) mass is 174 g/mol. The van der Waals surface area contributed by atoms with Crippen LogP contribution in [0.3, 0.4) is 0 Å². The third-order valence-corrected chi connectivity index (χ3v) is 2.30. The van der Waals surface area contributed by atoms with Gasteiger partial charge in [0.25, 0.3) is 0 Å². The van der Waals surface area contributed by atoms with Crippen molar-refractivity contribution in [3.05, 3.63) is 28.6 Å². The molecule has 0 saturated carbocycles. The maximum Gasteiger partial charge on any atom is 0.488 e. The van der Waals surface area contributed by atoms with Crippen LogP contribution in [0.1, 0.15) is 12.8 Å². The van der Waals surface area contributed by atoms with Crippen LogP contribution in [-0.2, 0) is 0 Å². The summed E-state index contributed by atoms with van der Waals surface area (Å²) < 4.78 is 0. The first-order valence-corrected chi connectivity index (χ1v) is 4.44. The van der Waals surface area contributed by atoms with E-state index in [1.54, 1.807) is 6.07 Å². The molecule has 0 unspecified atom stereocenters. The molecule has 1 aliphatic rings. The lowest BCUT2D eigenvalue weighted by Crippen LogP contribution is -2.37. The number of benzene rings is 1. The molecular weight excluding hydrogens is 163 g/mol. The molecule has 13 heavy (non-hydrogen) atoms. The molecule has 1 aromatic rings. The number of rotatable bonds is 1. The lowest BCUT2D eigenvalue weighted by atomic mass is 9.79. The summed E-state index contributed by atoms with van der Waals surface area (Å²) >= 11 is 0. The normalized spacial score (nSPS) is 14.0. The zero-order valence-corrected chi connectivity index (χ0v) is 7.27. The van der Waals surface area contributed by atoms with Crippen LogP contribution in [0.25, 0.3) is 12.2 Å². The fourth-order valence-corrected chi connectivity index (χ4v) is 1.59. The van der Waals surface area contributed by atoms with Crippen molar-refractivity contribution in [2.24, 2.45) is 0 Å². The highest BCUT2D eigenvalue weighted by atomic mass is 16.4. The Morgan fingerprint density at radius 1 is 1.00 bits per heavy atom. The Morgan fingerprint density at radius 2 is 1.69 bits per heavy atom. The largest absolute Gasteiger partial charge is 0.488 e. The molecule has 0 fully saturated rings. The first kappa shape index (κ1) is 8.54. The van der Waals surface area contributed by atoms with Crippen molar-refractivity contribution < 1.29 is 10.0 Å². The lowest BCUT2D eigenvalue weighted by molar-refractivity contribution is 0.425. The Labute approximate surface area is 77.0 Å². The van der Waals surface area contributed by atoms with Gasteiger partial charge in [-0.1, -0.05) is 30.4 Å². The maximum atomic E-state index is 8.96. The van der Waals surface area contributed by atoms with Crippen LogP contribution in [0, 0.1) is 0 Å². The molecule has 66 valence electrons. The van der Waals surface area contributed by atoms with Crippen LogP contribution < -0.4 is 15.9 Å². The molecule has 0 spiro atoms. The number of hydrogen-bond donors (Lipinski definition) is 2. The molecule has 0 bridgehead atoms. The van der Waals surface area contributed by atoms with Gasteiger partial charge >= 0.3 is 7.12 Å². The number of hydrogen-bond acceptors (Lipinski definition) is 2. The van der Waals surface area contributed by atoms with Crippen LogP contribution in [0.5, 0.6) is 0 Å². The predicted octanol–water partition coefficient (Wildman–Crippen LogP) is -1.28. The smallest absolute Gasteiger partial charge is 0.423 e. The Kier molecular flexibility index (Phi) is 2.21. The molecule has 2 rings (SSSR count). The summed E-state index contributed by atoms with van der Waals surface area (Å²) in [4.78, 5) is 0. The molecule has 1 aliphatic carbocycles. The predicted molar refractivity (Wildman–Crippen MR) is 53.7 cm³/mol. The molecule has 0 amide bonds. The van der Waals surface area contributed by atoms with E-state index in [4.69, 9.17) is 10.0 Å². The van der Waals surface area contributed by atoms with Gasteiger partial charge in [0.15, 0.2) is 0 Å². The van der Waals surface area contributed by atoms with Gasteiger partial charge in [0.1, 0.15) is 0 Å². The maximum absolute atomic E-state index is 8.96. The summed E-state index contributed by atoms with van der Waals surface area (Å²) in [7, 11) is -1.36. The van der Waals surface area contributed by atoms with Gasteiger partial charge < -0.3 is 10.0 Å². The SMILES string of the molecule is OB(O)c1ccc2c(c1)=CCCC=2. The summed E-state index contributed by atoms with van der Waals surface area (Å²) in [5.74, 6) is 0. The van der Waals surface area contributed by atoms with Gasteiger partial charge in [0.2, 0.25) is 0 Å². The van der Waals surface area contributed by atoms with E-state index in [1.807, 2.05) is 12.1 Å². The minimum Gasteiger partial charge on any atom is -0.423 e. The van der Waals surface area contributed by atoms with E-state index >= 15 is 0 Å². The van der Waals surface area contributed by atoms with Crippen molar-refractivity contribution >= 4 is 24.7 Å². The molecule has 3 heteroatoms. The zero-order valence-electron chi connectivity index (χ0n) is 7.27. The Balaban J connectivity index is 2.60. The molecule has 0 aliphatic heterocycles. The van der Waals surface area contributed by atoms with E-state index < -0.39 is 7.12 Å². The van der Waals surface area contributed by atoms with Crippen molar-refractivity contribution in [2.75, 3.05) is 0 Å². The molecule has 2 N–H and O–H groups in total. The second-order valence-electron chi connectivity index (χ2n) is 3.25. The standard InChI is InChI=1S/C10H11BO2/c12-11(13)10-6-5-8-3-1-2-4-9(8)7-10/h3-7,12-13H,1-2H2.